The Morgan fingerprint density at radius 3 is 2.62 bits per heavy atom. The van der Waals surface area contributed by atoms with Crippen molar-refractivity contribution in [3.05, 3.63) is 77.6 Å². The number of rotatable bonds is 5. The molecule has 1 atom stereocenters. The van der Waals surface area contributed by atoms with Crippen LogP contribution in [0.4, 0.5) is 5.69 Å². The van der Waals surface area contributed by atoms with Crippen LogP contribution < -0.4 is 5.32 Å². The first kappa shape index (κ1) is 16.5. The molecule has 4 rings (SSSR count). The zero-order valence-electron chi connectivity index (χ0n) is 13.8. The second-order valence-electron chi connectivity index (χ2n) is 5.86. The second-order valence-corrected chi connectivity index (χ2v) is 6.29. The molecule has 0 spiro atoms. The number of nitrogens with zero attached hydrogens (tertiary/aromatic N) is 2. The number of hydrazone groups is 1. The minimum absolute atomic E-state index is 0.105. The van der Waals surface area contributed by atoms with E-state index in [4.69, 9.17) is 20.4 Å². The number of carbonyl (C=O) groups is 1. The van der Waals surface area contributed by atoms with E-state index in [1.165, 1.54) is 5.01 Å². The normalized spacial score (nSPS) is 16.6. The van der Waals surface area contributed by atoms with E-state index in [1.807, 2.05) is 24.3 Å². The standard InChI is InChI=1S/C19H16ClN3O3/c20-13-5-7-14(8-6-13)21-12-19(24)23-16(18-4-2-10-26-18)11-15(22-23)17-3-1-9-25-17/h1-10,16,21H,11-12H2/t16-/m1/s1. The molecule has 3 aromatic rings. The molecular formula is C19H16ClN3O3. The van der Waals surface area contributed by atoms with Gasteiger partial charge in [0.1, 0.15) is 23.3 Å². The molecule has 1 N–H and O–H groups in total. The average molecular weight is 370 g/mol. The monoisotopic (exact) mass is 369 g/mol. The van der Waals surface area contributed by atoms with Gasteiger partial charge in [-0.25, -0.2) is 5.01 Å². The van der Waals surface area contributed by atoms with Gasteiger partial charge in [-0.3, -0.25) is 4.79 Å². The van der Waals surface area contributed by atoms with Crippen LogP contribution in [0.3, 0.4) is 0 Å². The van der Waals surface area contributed by atoms with Gasteiger partial charge in [-0.05, 0) is 48.5 Å². The SMILES string of the molecule is O=C(CNc1ccc(Cl)cc1)N1N=C(c2ccco2)C[C@@H]1c1ccco1. The lowest BCUT2D eigenvalue weighted by molar-refractivity contribution is -0.131. The van der Waals surface area contributed by atoms with Gasteiger partial charge in [0.15, 0.2) is 0 Å². The molecule has 26 heavy (non-hydrogen) atoms. The van der Waals surface area contributed by atoms with Gasteiger partial charge in [0.2, 0.25) is 0 Å². The van der Waals surface area contributed by atoms with Crippen molar-refractivity contribution < 1.29 is 13.6 Å². The van der Waals surface area contributed by atoms with E-state index in [0.29, 0.717) is 23.0 Å². The van der Waals surface area contributed by atoms with Crippen LogP contribution in [0, 0.1) is 0 Å². The van der Waals surface area contributed by atoms with Crippen molar-refractivity contribution in [1.29, 1.82) is 0 Å². The Hall–Kier alpha value is -2.99. The molecular weight excluding hydrogens is 354 g/mol. The van der Waals surface area contributed by atoms with Crippen LogP contribution in [0.5, 0.6) is 0 Å². The number of halogens is 1. The number of amides is 1. The summed E-state index contributed by atoms with van der Waals surface area (Å²) in [6.07, 6.45) is 3.72. The van der Waals surface area contributed by atoms with Gasteiger partial charge in [-0.1, -0.05) is 11.6 Å². The fraction of sp³-hybridized carbons (Fsp3) is 0.158. The largest absolute Gasteiger partial charge is 0.467 e. The molecule has 6 nitrogen and oxygen atoms in total. The number of nitrogens with one attached hydrogen (secondary N) is 1. The van der Waals surface area contributed by atoms with Gasteiger partial charge in [0, 0.05) is 17.1 Å². The van der Waals surface area contributed by atoms with Crippen LogP contribution in [0.25, 0.3) is 0 Å². The second kappa shape index (κ2) is 7.09. The van der Waals surface area contributed by atoms with Gasteiger partial charge in [-0.2, -0.15) is 5.10 Å². The number of furan rings is 2. The van der Waals surface area contributed by atoms with Gasteiger partial charge < -0.3 is 14.2 Å². The maximum absolute atomic E-state index is 12.8. The highest BCUT2D eigenvalue weighted by molar-refractivity contribution is 6.30. The molecule has 0 aliphatic carbocycles. The molecule has 1 aliphatic rings. The third-order valence-corrected chi connectivity index (χ3v) is 4.38. The first-order chi connectivity index (χ1) is 12.7. The molecule has 0 bridgehead atoms. The maximum Gasteiger partial charge on any atom is 0.262 e. The molecule has 0 unspecified atom stereocenters. The number of hydrogen-bond acceptors (Lipinski definition) is 5. The topological polar surface area (TPSA) is 71.0 Å². The number of anilines is 1. The van der Waals surface area contributed by atoms with Crippen LogP contribution in [-0.2, 0) is 4.79 Å². The molecule has 2 aromatic heterocycles. The van der Waals surface area contributed by atoms with Crippen molar-refractivity contribution in [2.24, 2.45) is 5.10 Å². The van der Waals surface area contributed by atoms with Crippen molar-refractivity contribution in [2.45, 2.75) is 12.5 Å². The molecule has 7 heteroatoms. The lowest BCUT2D eigenvalue weighted by atomic mass is 10.1. The number of carbonyl (C=O) groups excluding carboxylic acids is 1. The van der Waals surface area contributed by atoms with Crippen molar-refractivity contribution in [1.82, 2.24) is 5.01 Å². The predicted octanol–water partition coefficient (Wildman–Crippen LogP) is 4.32. The van der Waals surface area contributed by atoms with Crippen LogP contribution in [0.1, 0.15) is 24.0 Å². The minimum Gasteiger partial charge on any atom is -0.467 e. The molecule has 3 heterocycles. The van der Waals surface area contributed by atoms with Crippen molar-refractivity contribution in [3.8, 4) is 0 Å². The summed E-state index contributed by atoms with van der Waals surface area (Å²) in [4.78, 5) is 12.8. The van der Waals surface area contributed by atoms with Gasteiger partial charge in [-0.15, -0.1) is 0 Å². The van der Waals surface area contributed by atoms with Gasteiger partial charge in [0.05, 0.1) is 19.1 Å². The average Bonchev–Trinajstić information content (AvgIpc) is 3.41. The number of benzene rings is 1. The number of hydrogen-bond donors (Lipinski definition) is 1. The third kappa shape index (κ3) is 3.36. The Kier molecular flexibility index (Phi) is 4.50. The zero-order chi connectivity index (χ0) is 17.9. The molecule has 0 radical (unpaired) electrons. The summed E-state index contributed by atoms with van der Waals surface area (Å²) in [5.74, 6) is 1.18. The summed E-state index contributed by atoms with van der Waals surface area (Å²) in [6, 6.07) is 14.2. The fourth-order valence-corrected chi connectivity index (χ4v) is 2.99. The van der Waals surface area contributed by atoms with E-state index in [0.717, 1.165) is 11.4 Å². The Morgan fingerprint density at radius 2 is 1.92 bits per heavy atom. The molecule has 0 saturated carbocycles. The zero-order valence-corrected chi connectivity index (χ0v) is 14.5. The van der Waals surface area contributed by atoms with Crippen LogP contribution in [0.2, 0.25) is 5.02 Å². The van der Waals surface area contributed by atoms with Crippen LogP contribution in [-0.4, -0.2) is 23.2 Å². The van der Waals surface area contributed by atoms with Gasteiger partial charge >= 0.3 is 0 Å². The Bertz CT molecular complexity index is 902. The minimum atomic E-state index is -0.287. The van der Waals surface area contributed by atoms with Crippen LogP contribution in [0.15, 0.2) is 75.0 Å². The summed E-state index contributed by atoms with van der Waals surface area (Å²) < 4.78 is 10.9. The molecule has 132 valence electrons. The maximum atomic E-state index is 12.8. The molecule has 1 aliphatic heterocycles. The van der Waals surface area contributed by atoms with Crippen molar-refractivity contribution >= 4 is 28.9 Å². The summed E-state index contributed by atoms with van der Waals surface area (Å²) in [6.45, 7) is 0.105. The lowest BCUT2D eigenvalue weighted by Crippen LogP contribution is -2.32. The molecule has 0 saturated heterocycles. The summed E-state index contributed by atoms with van der Waals surface area (Å²) in [7, 11) is 0. The smallest absolute Gasteiger partial charge is 0.262 e. The quantitative estimate of drug-likeness (QED) is 0.727. The third-order valence-electron chi connectivity index (χ3n) is 4.13. The highest BCUT2D eigenvalue weighted by Gasteiger charge is 2.35. The summed E-state index contributed by atoms with van der Waals surface area (Å²) in [5.41, 5.74) is 1.53. The molecule has 1 amide bonds. The van der Waals surface area contributed by atoms with E-state index in [9.17, 15) is 4.79 Å². The summed E-state index contributed by atoms with van der Waals surface area (Å²) >= 11 is 5.88. The fourth-order valence-electron chi connectivity index (χ4n) is 2.86. The van der Waals surface area contributed by atoms with Crippen molar-refractivity contribution in [3.63, 3.8) is 0 Å². The van der Waals surface area contributed by atoms with E-state index in [1.54, 1.807) is 36.8 Å². The van der Waals surface area contributed by atoms with Gasteiger partial charge in [0.25, 0.3) is 5.91 Å². The summed E-state index contributed by atoms with van der Waals surface area (Å²) in [5, 5.41) is 9.67. The van der Waals surface area contributed by atoms with E-state index < -0.39 is 0 Å². The Morgan fingerprint density at radius 1 is 1.15 bits per heavy atom. The Labute approximate surface area is 155 Å². The first-order valence-electron chi connectivity index (χ1n) is 8.17. The van der Waals surface area contributed by atoms with Crippen molar-refractivity contribution in [2.75, 3.05) is 11.9 Å². The molecule has 0 fully saturated rings. The van der Waals surface area contributed by atoms with Crippen LogP contribution >= 0.6 is 11.6 Å². The molecule has 1 aromatic carbocycles. The highest BCUT2D eigenvalue weighted by Crippen LogP contribution is 2.33. The first-order valence-corrected chi connectivity index (χ1v) is 8.55. The Balaban J connectivity index is 1.52. The van der Waals surface area contributed by atoms with E-state index in [2.05, 4.69) is 10.4 Å². The lowest BCUT2D eigenvalue weighted by Gasteiger charge is -2.20. The highest BCUT2D eigenvalue weighted by atomic mass is 35.5. The predicted molar refractivity (Wildman–Crippen MR) is 98.1 cm³/mol. The van der Waals surface area contributed by atoms with E-state index in [-0.39, 0.29) is 18.5 Å². The van der Waals surface area contributed by atoms with E-state index >= 15 is 0 Å².